The first-order chi connectivity index (χ1) is 12.9. The van der Waals surface area contributed by atoms with E-state index < -0.39 is 0 Å². The summed E-state index contributed by atoms with van der Waals surface area (Å²) in [6, 6.07) is 6.09. The van der Waals surface area contributed by atoms with Crippen LogP contribution in [0.1, 0.15) is 47.6 Å². The normalized spacial score (nSPS) is 12.2. The van der Waals surface area contributed by atoms with Gasteiger partial charge in [0.2, 0.25) is 5.91 Å². The van der Waals surface area contributed by atoms with E-state index in [-0.39, 0.29) is 17.8 Å². The highest BCUT2D eigenvalue weighted by Gasteiger charge is 2.17. The molecule has 1 atom stereocenters. The molecule has 7 heteroatoms. The van der Waals surface area contributed by atoms with E-state index in [4.69, 9.17) is 0 Å². The average molecular weight is 369 g/mol. The van der Waals surface area contributed by atoms with E-state index in [2.05, 4.69) is 20.6 Å². The first kappa shape index (κ1) is 18.8. The molecule has 2 heterocycles. The molecule has 0 fully saturated rings. The first-order valence-electron chi connectivity index (χ1n) is 8.97. The van der Waals surface area contributed by atoms with E-state index >= 15 is 0 Å². The van der Waals surface area contributed by atoms with Gasteiger partial charge < -0.3 is 5.32 Å². The summed E-state index contributed by atoms with van der Waals surface area (Å²) in [4.78, 5) is 12.4. The Morgan fingerprint density at radius 3 is 2.78 bits per heavy atom. The zero-order valence-corrected chi connectivity index (χ0v) is 16.0. The van der Waals surface area contributed by atoms with Gasteiger partial charge in [0.05, 0.1) is 23.6 Å². The maximum absolute atomic E-state index is 13.5. The summed E-state index contributed by atoms with van der Waals surface area (Å²) in [6.07, 6.45) is 2.76. The third-order valence-electron chi connectivity index (χ3n) is 4.83. The van der Waals surface area contributed by atoms with Crippen molar-refractivity contribution in [3.8, 4) is 5.69 Å². The molecule has 27 heavy (non-hydrogen) atoms. The Bertz CT molecular complexity index is 940. The summed E-state index contributed by atoms with van der Waals surface area (Å²) in [7, 11) is 0. The van der Waals surface area contributed by atoms with Crippen molar-refractivity contribution in [1.29, 1.82) is 0 Å². The molecule has 0 saturated carbocycles. The van der Waals surface area contributed by atoms with Crippen LogP contribution in [0.25, 0.3) is 5.69 Å². The number of H-pyrrole nitrogens is 1. The van der Waals surface area contributed by atoms with Crippen molar-refractivity contribution in [3.05, 3.63) is 64.5 Å². The van der Waals surface area contributed by atoms with Gasteiger partial charge in [-0.15, -0.1) is 0 Å². The Morgan fingerprint density at radius 1 is 1.33 bits per heavy atom. The molecule has 1 unspecified atom stereocenters. The fraction of sp³-hybridized carbons (Fsp3) is 0.350. The molecule has 0 spiro atoms. The van der Waals surface area contributed by atoms with Gasteiger partial charge in [-0.25, -0.2) is 9.07 Å². The zero-order valence-electron chi connectivity index (χ0n) is 16.0. The van der Waals surface area contributed by atoms with Crippen molar-refractivity contribution in [2.45, 2.75) is 46.6 Å². The molecule has 0 bridgehead atoms. The van der Waals surface area contributed by atoms with Crippen LogP contribution >= 0.6 is 0 Å². The monoisotopic (exact) mass is 369 g/mol. The quantitative estimate of drug-likeness (QED) is 0.699. The molecule has 142 valence electrons. The third kappa shape index (κ3) is 4.07. The van der Waals surface area contributed by atoms with Crippen LogP contribution in [0, 0.1) is 26.6 Å². The van der Waals surface area contributed by atoms with Gasteiger partial charge in [-0.3, -0.25) is 9.89 Å². The summed E-state index contributed by atoms with van der Waals surface area (Å²) < 4.78 is 15.2. The number of nitrogens with zero attached hydrogens (tertiary/aromatic N) is 3. The van der Waals surface area contributed by atoms with Gasteiger partial charge >= 0.3 is 0 Å². The van der Waals surface area contributed by atoms with Gasteiger partial charge in [0.1, 0.15) is 5.82 Å². The van der Waals surface area contributed by atoms with E-state index in [9.17, 15) is 9.18 Å². The van der Waals surface area contributed by atoms with E-state index in [0.717, 1.165) is 28.2 Å². The molecule has 0 radical (unpaired) electrons. The van der Waals surface area contributed by atoms with Crippen molar-refractivity contribution >= 4 is 5.91 Å². The van der Waals surface area contributed by atoms with Crippen molar-refractivity contribution in [1.82, 2.24) is 25.3 Å². The Hall–Kier alpha value is -2.96. The lowest BCUT2D eigenvalue weighted by Crippen LogP contribution is -2.27. The van der Waals surface area contributed by atoms with Crippen LogP contribution < -0.4 is 5.32 Å². The molecule has 0 aliphatic carbocycles. The van der Waals surface area contributed by atoms with Gasteiger partial charge in [-0.2, -0.15) is 10.2 Å². The van der Waals surface area contributed by atoms with Crippen molar-refractivity contribution in [2.75, 3.05) is 0 Å². The van der Waals surface area contributed by atoms with Gasteiger partial charge in [-0.1, -0.05) is 6.07 Å². The molecule has 6 nitrogen and oxygen atoms in total. The van der Waals surface area contributed by atoms with Crippen LogP contribution in [0.4, 0.5) is 4.39 Å². The summed E-state index contributed by atoms with van der Waals surface area (Å²) in [6.45, 7) is 7.73. The Labute approximate surface area is 157 Å². The summed E-state index contributed by atoms with van der Waals surface area (Å²) in [5.41, 5.74) is 5.45. The molecule has 2 N–H and O–H groups in total. The van der Waals surface area contributed by atoms with Crippen molar-refractivity contribution in [3.63, 3.8) is 0 Å². The molecule has 3 aromatic rings. The Balaban J connectivity index is 1.66. The number of rotatable bonds is 6. The SMILES string of the molecule is Cc1n[nH]c(C)c1CCC(=O)NC(C)c1cnn(-c2cccc(F)c2)c1C. The highest BCUT2D eigenvalue weighted by Crippen LogP contribution is 2.21. The predicted octanol–water partition coefficient (Wildman–Crippen LogP) is 3.47. The fourth-order valence-electron chi connectivity index (χ4n) is 3.29. The molecule has 1 amide bonds. The van der Waals surface area contributed by atoms with Gasteiger partial charge in [-0.05, 0) is 57.9 Å². The fourth-order valence-corrected chi connectivity index (χ4v) is 3.29. The van der Waals surface area contributed by atoms with Gasteiger partial charge in [0, 0.05) is 23.4 Å². The zero-order chi connectivity index (χ0) is 19.6. The number of aromatic nitrogens is 4. The predicted molar refractivity (Wildman–Crippen MR) is 101 cm³/mol. The molecule has 2 aromatic heterocycles. The van der Waals surface area contributed by atoms with Crippen LogP contribution in [-0.2, 0) is 11.2 Å². The number of halogens is 1. The lowest BCUT2D eigenvalue weighted by atomic mass is 10.1. The van der Waals surface area contributed by atoms with Crippen molar-refractivity contribution < 1.29 is 9.18 Å². The van der Waals surface area contributed by atoms with Crippen LogP contribution in [0.2, 0.25) is 0 Å². The Morgan fingerprint density at radius 2 is 2.11 bits per heavy atom. The molecule has 0 aliphatic rings. The van der Waals surface area contributed by atoms with Crippen LogP contribution in [0.15, 0.2) is 30.5 Å². The van der Waals surface area contributed by atoms with Crippen LogP contribution in [-0.4, -0.2) is 25.9 Å². The number of nitrogens with one attached hydrogen (secondary N) is 2. The first-order valence-corrected chi connectivity index (χ1v) is 8.97. The van der Waals surface area contributed by atoms with E-state index in [1.165, 1.54) is 12.1 Å². The molecular weight excluding hydrogens is 345 g/mol. The number of benzene rings is 1. The molecule has 3 rings (SSSR count). The topological polar surface area (TPSA) is 75.6 Å². The van der Waals surface area contributed by atoms with Crippen LogP contribution in [0.5, 0.6) is 0 Å². The molecule has 0 saturated heterocycles. The third-order valence-corrected chi connectivity index (χ3v) is 4.83. The smallest absolute Gasteiger partial charge is 0.220 e. The van der Waals surface area contributed by atoms with E-state index in [0.29, 0.717) is 18.5 Å². The number of aryl methyl sites for hydroxylation is 2. The number of amides is 1. The molecule has 1 aromatic carbocycles. The average Bonchev–Trinajstić information content (AvgIpc) is 3.16. The second kappa shape index (κ2) is 7.73. The minimum Gasteiger partial charge on any atom is -0.349 e. The number of carbonyl (C=O) groups excluding carboxylic acids is 1. The number of hydrogen-bond acceptors (Lipinski definition) is 3. The van der Waals surface area contributed by atoms with Crippen molar-refractivity contribution in [2.24, 2.45) is 0 Å². The lowest BCUT2D eigenvalue weighted by Gasteiger charge is -2.14. The summed E-state index contributed by atoms with van der Waals surface area (Å²) in [5, 5.41) is 14.5. The number of carbonyl (C=O) groups is 1. The molecule has 0 aliphatic heterocycles. The number of aromatic amines is 1. The minimum absolute atomic E-state index is 0.0274. The minimum atomic E-state index is -0.310. The highest BCUT2D eigenvalue weighted by atomic mass is 19.1. The lowest BCUT2D eigenvalue weighted by molar-refractivity contribution is -0.121. The maximum Gasteiger partial charge on any atom is 0.220 e. The largest absolute Gasteiger partial charge is 0.349 e. The van der Waals surface area contributed by atoms with Gasteiger partial charge in [0.15, 0.2) is 0 Å². The van der Waals surface area contributed by atoms with E-state index in [1.807, 2.05) is 27.7 Å². The molecular formula is C20H24FN5O. The summed E-state index contributed by atoms with van der Waals surface area (Å²) >= 11 is 0. The maximum atomic E-state index is 13.5. The Kier molecular flexibility index (Phi) is 5.39. The highest BCUT2D eigenvalue weighted by molar-refractivity contribution is 5.76. The number of hydrogen-bond donors (Lipinski definition) is 2. The summed E-state index contributed by atoms with van der Waals surface area (Å²) in [5.74, 6) is -0.337. The van der Waals surface area contributed by atoms with Crippen LogP contribution in [0.3, 0.4) is 0 Å². The van der Waals surface area contributed by atoms with E-state index in [1.54, 1.807) is 23.0 Å². The second-order valence-corrected chi connectivity index (χ2v) is 6.78. The standard InChI is InChI=1S/C20H24FN5O/c1-12(23-20(27)9-8-18-13(2)24-25-14(18)3)19-11-22-26(15(19)4)17-7-5-6-16(21)10-17/h5-7,10-12H,8-9H2,1-4H3,(H,23,27)(H,24,25). The van der Waals surface area contributed by atoms with Gasteiger partial charge in [0.25, 0.3) is 0 Å². The second-order valence-electron chi connectivity index (χ2n) is 6.78.